The van der Waals surface area contributed by atoms with Crippen LogP contribution in [-0.4, -0.2) is 64.8 Å². The van der Waals surface area contributed by atoms with Crippen LogP contribution < -0.4 is 0 Å². The Kier molecular flexibility index (Phi) is 5.94. The van der Waals surface area contributed by atoms with Crippen molar-refractivity contribution >= 4 is 5.97 Å². The quantitative estimate of drug-likeness (QED) is 0.857. The van der Waals surface area contributed by atoms with Gasteiger partial charge in [0.25, 0.3) is 0 Å². The number of hydrogen-bond donors (Lipinski definition) is 2. The zero-order valence-electron chi connectivity index (χ0n) is 13.5. The van der Waals surface area contributed by atoms with Crippen LogP contribution in [0.5, 0.6) is 0 Å². The highest BCUT2D eigenvalue weighted by atomic mass is 16.4. The number of aliphatic carboxylic acids is 1. The Labute approximate surface area is 132 Å². The molecule has 0 amide bonds. The summed E-state index contributed by atoms with van der Waals surface area (Å²) in [6.45, 7) is 8.38. The van der Waals surface area contributed by atoms with Gasteiger partial charge >= 0.3 is 5.97 Å². The third-order valence-corrected chi connectivity index (χ3v) is 4.20. The monoisotopic (exact) mass is 306 g/mol. The molecule has 1 fully saturated rings. The van der Waals surface area contributed by atoms with E-state index in [-0.39, 0.29) is 6.42 Å². The molecule has 0 aromatic heterocycles. The maximum Gasteiger partial charge on any atom is 0.304 e. The van der Waals surface area contributed by atoms with E-state index in [2.05, 4.69) is 36.9 Å². The van der Waals surface area contributed by atoms with Crippen molar-refractivity contribution in [2.75, 3.05) is 32.7 Å². The Balaban J connectivity index is 1.94. The molecule has 0 spiro atoms. The summed E-state index contributed by atoms with van der Waals surface area (Å²) in [4.78, 5) is 15.0. The molecule has 0 bridgehead atoms. The van der Waals surface area contributed by atoms with E-state index in [0.717, 1.165) is 19.6 Å². The van der Waals surface area contributed by atoms with Crippen molar-refractivity contribution in [2.45, 2.75) is 32.9 Å². The maximum atomic E-state index is 10.7. The molecule has 0 radical (unpaired) electrons. The molecule has 122 valence electrons. The fourth-order valence-corrected chi connectivity index (χ4v) is 2.98. The molecule has 0 aliphatic carbocycles. The van der Waals surface area contributed by atoms with Crippen molar-refractivity contribution < 1.29 is 15.0 Å². The van der Waals surface area contributed by atoms with Gasteiger partial charge in [0.2, 0.25) is 0 Å². The molecule has 1 saturated heterocycles. The lowest BCUT2D eigenvalue weighted by Gasteiger charge is -2.22. The minimum Gasteiger partial charge on any atom is -0.481 e. The molecule has 1 aliphatic heterocycles. The van der Waals surface area contributed by atoms with Crippen LogP contribution in [0, 0.1) is 13.8 Å². The smallest absolute Gasteiger partial charge is 0.304 e. The highest BCUT2D eigenvalue weighted by Gasteiger charge is 2.21. The molecule has 5 heteroatoms. The number of hydrogen-bond acceptors (Lipinski definition) is 4. The maximum absolute atomic E-state index is 10.7. The van der Waals surface area contributed by atoms with Gasteiger partial charge < -0.3 is 10.2 Å². The van der Waals surface area contributed by atoms with Crippen LogP contribution in [0.3, 0.4) is 0 Å². The summed E-state index contributed by atoms with van der Waals surface area (Å²) in [5.41, 5.74) is 3.83. The van der Waals surface area contributed by atoms with Crippen molar-refractivity contribution in [1.29, 1.82) is 0 Å². The van der Waals surface area contributed by atoms with Gasteiger partial charge in [-0.25, -0.2) is 0 Å². The van der Waals surface area contributed by atoms with E-state index in [1.807, 2.05) is 4.90 Å². The van der Waals surface area contributed by atoms with E-state index in [1.54, 1.807) is 0 Å². The number of carboxylic acids is 1. The van der Waals surface area contributed by atoms with E-state index in [1.165, 1.54) is 16.7 Å². The van der Waals surface area contributed by atoms with Gasteiger partial charge in [0.1, 0.15) is 0 Å². The molecule has 2 rings (SSSR count). The number of carboxylic acid groups (broad SMARTS) is 1. The number of aryl methyl sites for hydroxylation is 2. The fourth-order valence-electron chi connectivity index (χ4n) is 2.98. The molecule has 1 heterocycles. The average Bonchev–Trinajstić information content (AvgIpc) is 2.61. The first-order valence-corrected chi connectivity index (χ1v) is 7.84. The second kappa shape index (κ2) is 7.72. The average molecular weight is 306 g/mol. The van der Waals surface area contributed by atoms with Crippen LogP contribution in [0.15, 0.2) is 18.2 Å². The highest BCUT2D eigenvalue weighted by molar-refractivity contribution is 5.66. The number of β-amino-alcohol motifs (C(OH)–C–C–N with tert-alkyl or cyclic N) is 1. The number of benzene rings is 1. The zero-order valence-corrected chi connectivity index (χ0v) is 13.5. The van der Waals surface area contributed by atoms with Crippen LogP contribution in [0.1, 0.15) is 23.1 Å². The van der Waals surface area contributed by atoms with Gasteiger partial charge in [0, 0.05) is 39.3 Å². The van der Waals surface area contributed by atoms with Crippen molar-refractivity contribution in [3.63, 3.8) is 0 Å². The normalized spacial score (nSPS) is 20.8. The van der Waals surface area contributed by atoms with Crippen LogP contribution in [0.2, 0.25) is 0 Å². The number of nitrogens with zero attached hydrogens (tertiary/aromatic N) is 2. The Morgan fingerprint density at radius 2 is 1.91 bits per heavy atom. The number of rotatable bonds is 5. The molecular weight excluding hydrogens is 280 g/mol. The Bertz CT molecular complexity index is 519. The van der Waals surface area contributed by atoms with Crippen molar-refractivity contribution in [1.82, 2.24) is 9.80 Å². The molecule has 0 unspecified atom stereocenters. The lowest BCUT2D eigenvalue weighted by molar-refractivity contribution is -0.137. The first kappa shape index (κ1) is 16.9. The van der Waals surface area contributed by atoms with Crippen molar-refractivity contribution in [3.05, 3.63) is 34.9 Å². The van der Waals surface area contributed by atoms with Gasteiger partial charge in [0.05, 0.1) is 12.5 Å². The summed E-state index contributed by atoms with van der Waals surface area (Å²) in [5, 5.41) is 18.9. The van der Waals surface area contributed by atoms with Gasteiger partial charge in [-0.2, -0.15) is 0 Å². The van der Waals surface area contributed by atoms with Crippen LogP contribution in [0.4, 0.5) is 0 Å². The third-order valence-electron chi connectivity index (χ3n) is 4.20. The highest BCUT2D eigenvalue weighted by Crippen LogP contribution is 2.15. The molecule has 5 nitrogen and oxygen atoms in total. The van der Waals surface area contributed by atoms with Crippen LogP contribution >= 0.6 is 0 Å². The SMILES string of the molecule is Cc1ccc(CN2CCN(CCC(=O)O)C[C@H](O)C2)c(C)c1. The van der Waals surface area contributed by atoms with Crippen LogP contribution in [-0.2, 0) is 11.3 Å². The van der Waals surface area contributed by atoms with Gasteiger partial charge in [-0.3, -0.25) is 14.6 Å². The van der Waals surface area contributed by atoms with E-state index >= 15 is 0 Å². The Morgan fingerprint density at radius 3 is 2.59 bits per heavy atom. The Hall–Kier alpha value is -1.43. The third kappa shape index (κ3) is 5.09. The molecule has 1 atom stereocenters. The second-order valence-corrected chi connectivity index (χ2v) is 6.26. The van der Waals surface area contributed by atoms with E-state index in [9.17, 15) is 9.90 Å². The minimum atomic E-state index is -0.786. The summed E-state index contributed by atoms with van der Waals surface area (Å²) in [6.07, 6.45) is -0.300. The van der Waals surface area contributed by atoms with E-state index in [4.69, 9.17) is 5.11 Å². The molecular formula is C17H26N2O3. The topological polar surface area (TPSA) is 64.0 Å². The lowest BCUT2D eigenvalue weighted by Crippen LogP contribution is -2.34. The zero-order chi connectivity index (χ0) is 16.1. The fraction of sp³-hybridized carbons (Fsp3) is 0.588. The standard InChI is InChI=1S/C17H26N2O3/c1-13-3-4-15(14(2)9-13)10-19-8-7-18(6-5-17(21)22)11-16(20)12-19/h3-4,9,16,20H,5-8,10-12H2,1-2H3,(H,21,22)/t16-/m0/s1. The number of carbonyl (C=O) groups is 1. The van der Waals surface area contributed by atoms with E-state index < -0.39 is 12.1 Å². The lowest BCUT2D eigenvalue weighted by atomic mass is 10.1. The minimum absolute atomic E-state index is 0.129. The molecule has 2 N–H and O–H groups in total. The molecule has 0 saturated carbocycles. The summed E-state index contributed by atoms with van der Waals surface area (Å²) in [7, 11) is 0. The predicted octanol–water partition coefficient (Wildman–Crippen LogP) is 1.26. The molecule has 1 aromatic carbocycles. The molecule has 1 aromatic rings. The molecule has 22 heavy (non-hydrogen) atoms. The Morgan fingerprint density at radius 1 is 1.23 bits per heavy atom. The summed E-state index contributed by atoms with van der Waals surface area (Å²) in [5.74, 6) is -0.786. The first-order valence-electron chi connectivity index (χ1n) is 7.84. The summed E-state index contributed by atoms with van der Waals surface area (Å²) < 4.78 is 0. The van der Waals surface area contributed by atoms with Crippen LogP contribution in [0.25, 0.3) is 0 Å². The van der Waals surface area contributed by atoms with E-state index in [0.29, 0.717) is 19.6 Å². The van der Waals surface area contributed by atoms with Gasteiger partial charge in [-0.15, -0.1) is 0 Å². The summed E-state index contributed by atoms with van der Waals surface area (Å²) in [6, 6.07) is 6.46. The van der Waals surface area contributed by atoms with Gasteiger partial charge in [-0.1, -0.05) is 23.8 Å². The van der Waals surface area contributed by atoms with Crippen molar-refractivity contribution in [2.24, 2.45) is 0 Å². The molecule has 1 aliphatic rings. The van der Waals surface area contributed by atoms with Gasteiger partial charge in [-0.05, 0) is 25.0 Å². The number of aliphatic hydroxyl groups is 1. The number of aliphatic hydroxyl groups excluding tert-OH is 1. The largest absolute Gasteiger partial charge is 0.481 e. The summed E-state index contributed by atoms with van der Waals surface area (Å²) >= 11 is 0. The first-order chi connectivity index (χ1) is 10.4. The predicted molar refractivity (Wildman–Crippen MR) is 85.9 cm³/mol. The van der Waals surface area contributed by atoms with Gasteiger partial charge in [0.15, 0.2) is 0 Å². The second-order valence-electron chi connectivity index (χ2n) is 6.26. The van der Waals surface area contributed by atoms with Crippen molar-refractivity contribution in [3.8, 4) is 0 Å².